The quantitative estimate of drug-likeness (QED) is 0.456. The molecule has 0 fully saturated rings. The van der Waals surface area contributed by atoms with Crippen molar-refractivity contribution in [3.05, 3.63) is 41.5 Å². The molecule has 1 heterocycles. The second-order valence-electron chi connectivity index (χ2n) is 3.93. The Balaban J connectivity index is 2.39. The predicted molar refractivity (Wildman–Crippen MR) is 68.8 cm³/mol. The molecule has 0 saturated carbocycles. The largest absolute Gasteiger partial charge is 0.337 e. The van der Waals surface area contributed by atoms with E-state index >= 15 is 0 Å². The van der Waals surface area contributed by atoms with Crippen LogP contribution in [-0.4, -0.2) is 9.97 Å². The van der Waals surface area contributed by atoms with Gasteiger partial charge in [0.2, 0.25) is 0 Å². The van der Waals surface area contributed by atoms with Gasteiger partial charge in [0.05, 0.1) is 5.69 Å². The van der Waals surface area contributed by atoms with E-state index in [1.54, 1.807) is 0 Å². The van der Waals surface area contributed by atoms with Crippen LogP contribution in [0.25, 0.3) is 0 Å². The first-order chi connectivity index (χ1) is 9.53. The average molecular weight is 283 g/mol. The van der Waals surface area contributed by atoms with Crippen molar-refractivity contribution in [2.45, 2.75) is 13.3 Å². The Bertz CT molecular complexity index is 610. The van der Waals surface area contributed by atoms with E-state index in [2.05, 4.69) is 20.7 Å². The van der Waals surface area contributed by atoms with E-state index in [-0.39, 0.29) is 11.5 Å². The average Bonchev–Trinajstić information content (AvgIpc) is 2.43. The Kier molecular flexibility index (Phi) is 4.04. The number of rotatable bonds is 4. The van der Waals surface area contributed by atoms with Crippen LogP contribution in [0.1, 0.15) is 12.7 Å². The molecule has 20 heavy (non-hydrogen) atoms. The highest BCUT2D eigenvalue weighted by Crippen LogP contribution is 2.23. The molecule has 0 aliphatic heterocycles. The summed E-state index contributed by atoms with van der Waals surface area (Å²) < 4.78 is 39.7. The summed E-state index contributed by atoms with van der Waals surface area (Å²) in [6, 6.07) is 2.69. The zero-order valence-corrected chi connectivity index (χ0v) is 10.5. The number of aryl methyl sites for hydroxylation is 1. The minimum absolute atomic E-state index is 0.175. The SMILES string of the molecule is CCc1nc(NN)cc(Nc2cc(F)cc(F)c2F)n1. The smallest absolute Gasteiger partial charge is 0.182 e. The van der Waals surface area contributed by atoms with Gasteiger partial charge in [0, 0.05) is 24.6 Å². The number of nitrogens with zero attached hydrogens (tertiary/aromatic N) is 2. The van der Waals surface area contributed by atoms with Gasteiger partial charge < -0.3 is 10.7 Å². The first-order valence-electron chi connectivity index (χ1n) is 5.79. The molecule has 0 aliphatic carbocycles. The fourth-order valence-electron chi connectivity index (χ4n) is 1.58. The van der Waals surface area contributed by atoms with Crippen LogP contribution in [0.3, 0.4) is 0 Å². The Morgan fingerprint density at radius 2 is 1.80 bits per heavy atom. The maximum Gasteiger partial charge on any atom is 0.182 e. The number of nitrogens with two attached hydrogens (primary N) is 1. The highest BCUT2D eigenvalue weighted by atomic mass is 19.2. The topological polar surface area (TPSA) is 75.9 Å². The molecule has 5 nitrogen and oxygen atoms in total. The highest BCUT2D eigenvalue weighted by Gasteiger charge is 2.12. The third kappa shape index (κ3) is 2.97. The van der Waals surface area contributed by atoms with Gasteiger partial charge in [0.15, 0.2) is 11.6 Å². The van der Waals surface area contributed by atoms with E-state index < -0.39 is 17.5 Å². The van der Waals surface area contributed by atoms with Gasteiger partial charge in [-0.2, -0.15) is 0 Å². The number of benzene rings is 1. The fourth-order valence-corrected chi connectivity index (χ4v) is 1.58. The van der Waals surface area contributed by atoms with E-state index in [1.165, 1.54) is 6.07 Å². The van der Waals surface area contributed by atoms with Gasteiger partial charge in [-0.1, -0.05) is 6.92 Å². The number of nitrogens with one attached hydrogen (secondary N) is 2. The van der Waals surface area contributed by atoms with Crippen LogP contribution in [0.15, 0.2) is 18.2 Å². The van der Waals surface area contributed by atoms with Crippen LogP contribution >= 0.6 is 0 Å². The standard InChI is InChI=1S/C12H12F3N5/c1-2-9-18-10(5-11(19-9)20-16)17-8-4-6(13)3-7(14)12(8)15/h3-5H,2,16H2,1H3,(H2,17,18,19,20). The summed E-state index contributed by atoms with van der Waals surface area (Å²) in [7, 11) is 0. The van der Waals surface area contributed by atoms with Crippen molar-refractivity contribution in [3.8, 4) is 0 Å². The number of hydrogen-bond acceptors (Lipinski definition) is 5. The molecule has 0 atom stereocenters. The number of hydrazine groups is 1. The van der Waals surface area contributed by atoms with Crippen molar-refractivity contribution < 1.29 is 13.2 Å². The summed E-state index contributed by atoms with van der Waals surface area (Å²) in [4.78, 5) is 8.11. The molecule has 0 saturated heterocycles. The number of aromatic nitrogens is 2. The van der Waals surface area contributed by atoms with E-state index in [9.17, 15) is 13.2 Å². The van der Waals surface area contributed by atoms with Gasteiger partial charge in [-0.25, -0.2) is 29.0 Å². The molecule has 0 aliphatic rings. The van der Waals surface area contributed by atoms with Gasteiger partial charge in [0.1, 0.15) is 23.3 Å². The molecule has 1 aromatic heterocycles. The molecular weight excluding hydrogens is 271 g/mol. The van der Waals surface area contributed by atoms with Gasteiger partial charge in [0.25, 0.3) is 0 Å². The van der Waals surface area contributed by atoms with Crippen LogP contribution in [0, 0.1) is 17.5 Å². The summed E-state index contributed by atoms with van der Waals surface area (Å²) >= 11 is 0. The number of nitrogen functional groups attached to an aromatic ring is 1. The lowest BCUT2D eigenvalue weighted by Crippen LogP contribution is -2.11. The fraction of sp³-hybridized carbons (Fsp3) is 0.167. The van der Waals surface area contributed by atoms with Gasteiger partial charge in [-0.15, -0.1) is 0 Å². The zero-order valence-electron chi connectivity index (χ0n) is 10.5. The molecule has 2 rings (SSSR count). The molecule has 0 spiro atoms. The minimum Gasteiger partial charge on any atom is -0.337 e. The van der Waals surface area contributed by atoms with Crippen LogP contribution in [0.4, 0.5) is 30.5 Å². The van der Waals surface area contributed by atoms with Gasteiger partial charge in [-0.3, -0.25) is 0 Å². The van der Waals surface area contributed by atoms with E-state index in [4.69, 9.17) is 5.84 Å². The molecule has 0 unspecified atom stereocenters. The van der Waals surface area contributed by atoms with E-state index in [0.29, 0.717) is 24.1 Å². The normalized spacial score (nSPS) is 10.4. The molecular formula is C12H12F3N5. The molecule has 8 heteroatoms. The minimum atomic E-state index is -1.28. The van der Waals surface area contributed by atoms with Crippen LogP contribution in [0.5, 0.6) is 0 Å². The lowest BCUT2D eigenvalue weighted by atomic mass is 10.2. The summed E-state index contributed by atoms with van der Waals surface area (Å²) in [5, 5.41) is 2.50. The molecule has 0 amide bonds. The molecule has 106 valence electrons. The van der Waals surface area contributed by atoms with Crippen LogP contribution in [0.2, 0.25) is 0 Å². The van der Waals surface area contributed by atoms with Crippen LogP contribution < -0.4 is 16.6 Å². The summed E-state index contributed by atoms with van der Waals surface area (Å²) in [6.07, 6.45) is 0.518. The molecule has 0 radical (unpaired) electrons. The molecule has 1 aromatic carbocycles. The molecule has 2 aromatic rings. The molecule has 4 N–H and O–H groups in total. The van der Waals surface area contributed by atoms with E-state index in [1.807, 2.05) is 6.92 Å². The lowest BCUT2D eigenvalue weighted by molar-refractivity contribution is 0.498. The predicted octanol–water partition coefficient (Wildman–Crippen LogP) is 2.49. The van der Waals surface area contributed by atoms with Crippen molar-refractivity contribution in [2.75, 3.05) is 10.7 Å². The lowest BCUT2D eigenvalue weighted by Gasteiger charge is -2.10. The van der Waals surface area contributed by atoms with Crippen molar-refractivity contribution in [1.82, 2.24) is 9.97 Å². The van der Waals surface area contributed by atoms with Crippen molar-refractivity contribution in [1.29, 1.82) is 0 Å². The summed E-state index contributed by atoms with van der Waals surface area (Å²) in [6.45, 7) is 1.82. The third-order valence-corrected chi connectivity index (χ3v) is 2.49. The first kappa shape index (κ1) is 14.1. The summed E-state index contributed by atoms with van der Waals surface area (Å²) in [5.74, 6) is 2.81. The maximum atomic E-state index is 13.5. The van der Waals surface area contributed by atoms with Gasteiger partial charge >= 0.3 is 0 Å². The Morgan fingerprint density at radius 1 is 1.10 bits per heavy atom. The first-order valence-corrected chi connectivity index (χ1v) is 5.79. The number of anilines is 3. The maximum absolute atomic E-state index is 13.5. The van der Waals surface area contributed by atoms with Crippen molar-refractivity contribution in [3.63, 3.8) is 0 Å². The monoisotopic (exact) mass is 283 g/mol. The van der Waals surface area contributed by atoms with Crippen LogP contribution in [-0.2, 0) is 6.42 Å². The van der Waals surface area contributed by atoms with E-state index in [0.717, 1.165) is 6.07 Å². The number of halogens is 3. The Hall–Kier alpha value is -2.35. The van der Waals surface area contributed by atoms with Gasteiger partial charge in [-0.05, 0) is 0 Å². The Morgan fingerprint density at radius 3 is 2.45 bits per heavy atom. The highest BCUT2D eigenvalue weighted by molar-refractivity contribution is 5.59. The Labute approximate surface area is 113 Å². The third-order valence-electron chi connectivity index (χ3n) is 2.49. The zero-order chi connectivity index (χ0) is 14.7. The second-order valence-corrected chi connectivity index (χ2v) is 3.93. The van der Waals surface area contributed by atoms with Crippen molar-refractivity contribution in [2.24, 2.45) is 5.84 Å². The number of hydrogen-bond donors (Lipinski definition) is 3. The molecule has 0 bridgehead atoms. The summed E-state index contributed by atoms with van der Waals surface area (Å²) in [5.41, 5.74) is 1.98. The van der Waals surface area contributed by atoms with Crippen molar-refractivity contribution >= 4 is 17.3 Å². The second kappa shape index (κ2) is 5.74.